The van der Waals surface area contributed by atoms with Gasteiger partial charge in [-0.05, 0) is 35.3 Å². The number of aromatic nitrogens is 3. The van der Waals surface area contributed by atoms with Crippen LogP contribution in [0.2, 0.25) is 0 Å². The Morgan fingerprint density at radius 2 is 2.47 bits per heavy atom. The fraction of sp³-hybridized carbons (Fsp3) is 0.400. The van der Waals surface area contributed by atoms with E-state index in [4.69, 9.17) is 0 Å². The van der Waals surface area contributed by atoms with Crippen molar-refractivity contribution in [1.29, 1.82) is 0 Å². The molecule has 0 spiro atoms. The van der Waals surface area contributed by atoms with E-state index in [1.54, 1.807) is 12.5 Å². The molecular weight excluding hydrogens is 256 g/mol. The third kappa shape index (κ3) is 1.55. The Morgan fingerprint density at radius 1 is 1.53 bits per heavy atom. The van der Waals surface area contributed by atoms with Gasteiger partial charge in [-0.25, -0.2) is 9.97 Å². The van der Waals surface area contributed by atoms with Crippen molar-refractivity contribution in [3.63, 3.8) is 0 Å². The second-order valence-electron chi connectivity index (χ2n) is 3.79. The molecule has 2 aromatic heterocycles. The van der Waals surface area contributed by atoms with Gasteiger partial charge in [0.15, 0.2) is 5.65 Å². The Bertz CT molecular complexity index is 487. The van der Waals surface area contributed by atoms with Crippen molar-refractivity contribution < 1.29 is 0 Å². The Labute approximate surface area is 95.9 Å². The first kappa shape index (κ1) is 9.30. The van der Waals surface area contributed by atoms with Gasteiger partial charge in [0.2, 0.25) is 0 Å². The molecule has 4 nitrogen and oxygen atoms in total. The first-order chi connectivity index (χ1) is 7.34. The van der Waals surface area contributed by atoms with Crippen molar-refractivity contribution >= 4 is 21.6 Å². The number of halogens is 1. The summed E-state index contributed by atoms with van der Waals surface area (Å²) in [6, 6.07) is 0.414. The second-order valence-corrected chi connectivity index (χ2v) is 4.64. The van der Waals surface area contributed by atoms with Gasteiger partial charge in [0.05, 0.1) is 16.2 Å². The molecule has 0 amide bonds. The number of nitrogens with zero attached hydrogens (tertiary/aromatic N) is 3. The molecule has 1 N–H and O–H groups in total. The van der Waals surface area contributed by atoms with Crippen LogP contribution in [0, 0.1) is 0 Å². The van der Waals surface area contributed by atoms with Gasteiger partial charge in [-0.3, -0.25) is 4.40 Å². The average molecular weight is 267 g/mol. The standard InChI is InChI=1S/C10H11BrN4/c11-7-4-12-6-15-5-9(14-10(7)15)8-2-1-3-13-8/h4-6,8,13H,1-3H2. The van der Waals surface area contributed by atoms with Crippen molar-refractivity contribution in [2.75, 3.05) is 6.54 Å². The second kappa shape index (κ2) is 3.57. The summed E-state index contributed by atoms with van der Waals surface area (Å²) in [6.07, 6.45) is 8.02. The monoisotopic (exact) mass is 266 g/mol. The van der Waals surface area contributed by atoms with E-state index in [2.05, 4.69) is 37.4 Å². The van der Waals surface area contributed by atoms with Gasteiger partial charge in [-0.1, -0.05) is 0 Å². The van der Waals surface area contributed by atoms with Crippen LogP contribution in [-0.4, -0.2) is 20.9 Å². The van der Waals surface area contributed by atoms with Crippen LogP contribution in [0.15, 0.2) is 23.2 Å². The highest BCUT2D eigenvalue weighted by Gasteiger charge is 2.19. The minimum atomic E-state index is 0.414. The SMILES string of the molecule is Brc1cncn2cc(C3CCCN3)nc12. The highest BCUT2D eigenvalue weighted by molar-refractivity contribution is 9.10. The molecule has 0 bridgehead atoms. The largest absolute Gasteiger partial charge is 0.309 e. The third-order valence-corrected chi connectivity index (χ3v) is 3.32. The molecule has 1 aliphatic heterocycles. The Hall–Kier alpha value is -0.940. The highest BCUT2D eigenvalue weighted by atomic mass is 79.9. The molecule has 3 heterocycles. The van der Waals surface area contributed by atoms with Crippen molar-refractivity contribution in [3.8, 4) is 0 Å². The van der Waals surface area contributed by atoms with Crippen LogP contribution in [0.1, 0.15) is 24.6 Å². The zero-order chi connectivity index (χ0) is 10.3. The molecule has 0 radical (unpaired) electrons. The van der Waals surface area contributed by atoms with E-state index >= 15 is 0 Å². The van der Waals surface area contributed by atoms with E-state index in [1.165, 1.54) is 12.8 Å². The lowest BCUT2D eigenvalue weighted by Crippen LogP contribution is -2.12. The fourth-order valence-corrected chi connectivity index (χ4v) is 2.42. The topological polar surface area (TPSA) is 42.2 Å². The lowest BCUT2D eigenvalue weighted by Gasteiger charge is -2.04. The number of fused-ring (bicyclic) bond motifs is 1. The summed E-state index contributed by atoms with van der Waals surface area (Å²) in [4.78, 5) is 8.72. The van der Waals surface area contributed by atoms with Crippen LogP contribution in [-0.2, 0) is 0 Å². The maximum Gasteiger partial charge on any atom is 0.154 e. The predicted octanol–water partition coefficient (Wildman–Crippen LogP) is 1.92. The third-order valence-electron chi connectivity index (χ3n) is 2.76. The summed E-state index contributed by atoms with van der Waals surface area (Å²) < 4.78 is 2.90. The first-order valence-electron chi connectivity index (χ1n) is 5.06. The van der Waals surface area contributed by atoms with Crippen LogP contribution >= 0.6 is 15.9 Å². The molecule has 3 rings (SSSR count). The van der Waals surface area contributed by atoms with E-state index in [0.717, 1.165) is 22.4 Å². The van der Waals surface area contributed by atoms with Gasteiger partial charge < -0.3 is 5.32 Å². The quantitative estimate of drug-likeness (QED) is 0.858. The zero-order valence-corrected chi connectivity index (χ0v) is 9.74. The molecule has 0 aromatic carbocycles. The van der Waals surface area contributed by atoms with E-state index in [9.17, 15) is 0 Å². The van der Waals surface area contributed by atoms with Crippen molar-refractivity contribution in [3.05, 3.63) is 28.9 Å². The molecule has 15 heavy (non-hydrogen) atoms. The van der Waals surface area contributed by atoms with Crippen LogP contribution in [0.25, 0.3) is 5.65 Å². The van der Waals surface area contributed by atoms with Crippen molar-refractivity contribution in [2.45, 2.75) is 18.9 Å². The van der Waals surface area contributed by atoms with Gasteiger partial charge in [-0.2, -0.15) is 0 Å². The highest BCUT2D eigenvalue weighted by Crippen LogP contribution is 2.24. The number of nitrogens with one attached hydrogen (secondary N) is 1. The molecule has 2 aromatic rings. The number of rotatable bonds is 1. The fourth-order valence-electron chi connectivity index (χ4n) is 2.01. The van der Waals surface area contributed by atoms with Gasteiger partial charge in [0, 0.05) is 12.4 Å². The molecular formula is C10H11BrN4. The molecule has 78 valence electrons. The summed E-state index contributed by atoms with van der Waals surface area (Å²) in [5.74, 6) is 0. The maximum atomic E-state index is 4.61. The number of hydrogen-bond acceptors (Lipinski definition) is 3. The smallest absolute Gasteiger partial charge is 0.154 e. The van der Waals surface area contributed by atoms with Gasteiger partial charge in [-0.15, -0.1) is 0 Å². The van der Waals surface area contributed by atoms with Gasteiger partial charge in [0.25, 0.3) is 0 Å². The Morgan fingerprint density at radius 3 is 3.20 bits per heavy atom. The van der Waals surface area contributed by atoms with Crippen LogP contribution in [0.3, 0.4) is 0 Å². The summed E-state index contributed by atoms with van der Waals surface area (Å²) >= 11 is 3.45. The summed E-state index contributed by atoms with van der Waals surface area (Å²) in [7, 11) is 0. The van der Waals surface area contributed by atoms with Crippen molar-refractivity contribution in [1.82, 2.24) is 19.7 Å². The molecule has 5 heteroatoms. The molecule has 1 saturated heterocycles. The minimum Gasteiger partial charge on any atom is -0.309 e. The number of hydrogen-bond donors (Lipinski definition) is 1. The first-order valence-corrected chi connectivity index (χ1v) is 5.85. The molecule has 1 atom stereocenters. The Kier molecular flexibility index (Phi) is 2.21. The van der Waals surface area contributed by atoms with Crippen LogP contribution in [0.4, 0.5) is 0 Å². The maximum absolute atomic E-state index is 4.61. The normalized spacial score (nSPS) is 21.3. The predicted molar refractivity (Wildman–Crippen MR) is 60.7 cm³/mol. The van der Waals surface area contributed by atoms with E-state index in [0.29, 0.717) is 6.04 Å². The molecule has 0 aliphatic carbocycles. The minimum absolute atomic E-state index is 0.414. The molecule has 1 fully saturated rings. The van der Waals surface area contributed by atoms with Gasteiger partial charge >= 0.3 is 0 Å². The molecule has 1 unspecified atom stereocenters. The summed E-state index contributed by atoms with van der Waals surface area (Å²) in [5.41, 5.74) is 2.05. The molecule has 0 saturated carbocycles. The van der Waals surface area contributed by atoms with Crippen LogP contribution in [0.5, 0.6) is 0 Å². The van der Waals surface area contributed by atoms with Gasteiger partial charge in [0.1, 0.15) is 6.33 Å². The van der Waals surface area contributed by atoms with Crippen molar-refractivity contribution in [2.24, 2.45) is 0 Å². The lowest BCUT2D eigenvalue weighted by atomic mass is 10.2. The van der Waals surface area contributed by atoms with E-state index < -0.39 is 0 Å². The summed E-state index contributed by atoms with van der Waals surface area (Å²) in [5, 5.41) is 3.44. The summed E-state index contributed by atoms with van der Waals surface area (Å²) in [6.45, 7) is 1.10. The van der Waals surface area contributed by atoms with E-state index in [1.807, 2.05) is 4.40 Å². The number of imidazole rings is 1. The van der Waals surface area contributed by atoms with E-state index in [-0.39, 0.29) is 0 Å². The van der Waals surface area contributed by atoms with Crippen LogP contribution < -0.4 is 5.32 Å². The average Bonchev–Trinajstić information content (AvgIpc) is 2.86. The Balaban J connectivity index is 2.09. The molecule has 1 aliphatic rings. The zero-order valence-electron chi connectivity index (χ0n) is 8.15. The lowest BCUT2D eigenvalue weighted by molar-refractivity contribution is 0.632.